The van der Waals surface area contributed by atoms with Crippen LogP contribution in [-0.2, 0) is 0 Å². The Bertz CT molecular complexity index is 23.4. The van der Waals surface area contributed by atoms with Gasteiger partial charge in [0, 0.05) is 9.52 Å². The van der Waals surface area contributed by atoms with Gasteiger partial charge in [-0.05, 0) is 0 Å². The molecule has 0 aliphatic carbocycles. The molecule has 0 aromatic rings. The van der Waals surface area contributed by atoms with Gasteiger partial charge in [-0.1, -0.05) is 38.8 Å². The molecule has 0 rings (SSSR count). The third kappa shape index (κ3) is 6.22. The Morgan fingerprint density at radius 3 is 2.57 bits per heavy atom. The summed E-state index contributed by atoms with van der Waals surface area (Å²) in [5.74, 6) is 0. The topological polar surface area (TPSA) is 0 Å². The van der Waals surface area contributed by atoms with Crippen LogP contribution in [0.4, 0.5) is 0 Å². The van der Waals surface area contributed by atoms with Gasteiger partial charge in [0.05, 0.1) is 0 Å². The van der Waals surface area contributed by atoms with Gasteiger partial charge in [0.1, 0.15) is 0 Å². The van der Waals surface area contributed by atoms with E-state index in [0.29, 0.717) is 9.52 Å². The molecular weight excluding hydrogens is 100 g/mol. The fraction of sp³-hybridized carbons (Fsp3) is 0.833. The van der Waals surface area contributed by atoms with Gasteiger partial charge in [0.25, 0.3) is 0 Å². The lowest BCUT2D eigenvalue weighted by molar-refractivity contribution is 1.05. The van der Waals surface area contributed by atoms with E-state index >= 15 is 0 Å². The van der Waals surface area contributed by atoms with Crippen LogP contribution in [0.3, 0.4) is 0 Å². The molecule has 0 saturated carbocycles. The molecule has 0 aromatic carbocycles. The summed E-state index contributed by atoms with van der Waals surface area (Å²) in [6.07, 6.45) is 2.57. The molecule has 1 radical (unpaired) electrons. The second-order valence-electron chi connectivity index (χ2n) is 1.91. The van der Waals surface area contributed by atoms with Gasteiger partial charge in [-0.3, -0.25) is 0 Å². The Labute approximate surface area is 49.1 Å². The minimum absolute atomic E-state index is 0.349. The highest BCUT2D eigenvalue weighted by atomic mass is 28.2. The molecule has 7 heavy (non-hydrogen) atoms. The molecule has 43 valence electrons. The van der Waals surface area contributed by atoms with Gasteiger partial charge in [0.2, 0.25) is 0 Å². The summed E-state index contributed by atoms with van der Waals surface area (Å²) in [5, 5.41) is 0. The van der Waals surface area contributed by atoms with Crippen molar-refractivity contribution in [3.63, 3.8) is 0 Å². The van der Waals surface area contributed by atoms with E-state index in [0.717, 1.165) is 0 Å². The molecule has 0 spiro atoms. The van der Waals surface area contributed by atoms with E-state index in [1.165, 1.54) is 24.9 Å². The summed E-state index contributed by atoms with van der Waals surface area (Å²) in [6, 6.07) is 2.98. The van der Waals surface area contributed by atoms with Crippen LogP contribution in [0.5, 0.6) is 0 Å². The van der Waals surface area contributed by atoms with Crippen molar-refractivity contribution in [3.8, 4) is 0 Å². The zero-order valence-electron chi connectivity index (χ0n) is 5.24. The molecule has 0 bridgehead atoms. The second-order valence-corrected chi connectivity index (χ2v) is 4.04. The van der Waals surface area contributed by atoms with Crippen molar-refractivity contribution in [2.24, 2.45) is 0 Å². The van der Waals surface area contributed by atoms with Crippen LogP contribution in [-0.4, -0.2) is 9.52 Å². The SMILES string of the molecule is [CH2]CC[SiH2]CCC. The minimum Gasteiger partial charge on any atom is -0.0657 e. The van der Waals surface area contributed by atoms with Gasteiger partial charge < -0.3 is 0 Å². The first kappa shape index (κ1) is 7.22. The van der Waals surface area contributed by atoms with Gasteiger partial charge in [-0.15, -0.1) is 0 Å². The van der Waals surface area contributed by atoms with E-state index < -0.39 is 0 Å². The molecule has 0 amide bonds. The monoisotopic (exact) mass is 115 g/mol. The van der Waals surface area contributed by atoms with Crippen molar-refractivity contribution in [3.05, 3.63) is 6.92 Å². The Kier molecular flexibility index (Phi) is 6.41. The Hall–Kier alpha value is 0.217. The van der Waals surface area contributed by atoms with E-state index in [4.69, 9.17) is 0 Å². The van der Waals surface area contributed by atoms with E-state index in [1.807, 2.05) is 0 Å². The van der Waals surface area contributed by atoms with Gasteiger partial charge >= 0.3 is 0 Å². The maximum atomic E-state index is 3.79. The summed E-state index contributed by atoms with van der Waals surface area (Å²) in [5.41, 5.74) is 0. The highest BCUT2D eigenvalue weighted by Crippen LogP contribution is 1.92. The molecule has 0 atom stereocenters. The van der Waals surface area contributed by atoms with Crippen LogP contribution in [0.2, 0.25) is 12.1 Å². The standard InChI is InChI=1S/C6H15Si/c1-3-5-7-6-4-2/h1,3-7H2,2H3. The first-order chi connectivity index (χ1) is 3.41. The summed E-state index contributed by atoms with van der Waals surface area (Å²) in [6.45, 7) is 6.05. The van der Waals surface area contributed by atoms with Crippen LogP contribution < -0.4 is 0 Å². The Morgan fingerprint density at radius 2 is 2.14 bits per heavy atom. The lowest BCUT2D eigenvalue weighted by Gasteiger charge is -1.89. The maximum Gasteiger partial charge on any atom is 0.0197 e. The minimum atomic E-state index is 0.349. The predicted octanol–water partition coefficient (Wildman–Crippen LogP) is 1.63. The van der Waals surface area contributed by atoms with Crippen molar-refractivity contribution >= 4 is 9.52 Å². The smallest absolute Gasteiger partial charge is 0.0197 e. The normalized spacial score (nSPS) is 9.43. The number of hydrogen-bond donors (Lipinski definition) is 0. The van der Waals surface area contributed by atoms with Crippen LogP contribution in [0.1, 0.15) is 19.8 Å². The van der Waals surface area contributed by atoms with Crippen LogP contribution in [0.15, 0.2) is 0 Å². The van der Waals surface area contributed by atoms with Crippen LogP contribution in [0.25, 0.3) is 0 Å². The molecule has 0 aromatic heterocycles. The van der Waals surface area contributed by atoms with Crippen molar-refractivity contribution in [1.82, 2.24) is 0 Å². The van der Waals surface area contributed by atoms with Crippen molar-refractivity contribution in [2.45, 2.75) is 31.9 Å². The molecule has 0 saturated heterocycles. The van der Waals surface area contributed by atoms with Crippen molar-refractivity contribution < 1.29 is 0 Å². The van der Waals surface area contributed by atoms with Gasteiger partial charge in [-0.25, -0.2) is 0 Å². The maximum absolute atomic E-state index is 3.79. The Morgan fingerprint density at radius 1 is 1.43 bits per heavy atom. The summed E-state index contributed by atoms with van der Waals surface area (Å²) < 4.78 is 0. The van der Waals surface area contributed by atoms with Crippen LogP contribution >= 0.6 is 0 Å². The lowest BCUT2D eigenvalue weighted by Crippen LogP contribution is -1.84. The largest absolute Gasteiger partial charge is 0.0657 e. The molecule has 0 unspecified atom stereocenters. The average Bonchev–Trinajstić information content (AvgIpc) is 1.69. The molecular formula is C6H15Si. The molecule has 0 aliphatic heterocycles. The fourth-order valence-corrected chi connectivity index (χ4v) is 1.81. The third-order valence-electron chi connectivity index (χ3n) is 1.10. The van der Waals surface area contributed by atoms with Crippen molar-refractivity contribution in [2.75, 3.05) is 0 Å². The average molecular weight is 115 g/mol. The Balaban J connectivity index is 2.45. The van der Waals surface area contributed by atoms with Crippen molar-refractivity contribution in [1.29, 1.82) is 0 Å². The first-order valence-electron chi connectivity index (χ1n) is 3.21. The van der Waals surface area contributed by atoms with Gasteiger partial charge in [-0.2, -0.15) is 0 Å². The quantitative estimate of drug-likeness (QED) is 0.386. The zero-order chi connectivity index (χ0) is 5.54. The fourth-order valence-electron chi connectivity index (χ4n) is 0.604. The molecule has 0 N–H and O–H groups in total. The molecule has 0 aliphatic rings. The highest BCUT2D eigenvalue weighted by molar-refractivity contribution is 6.35. The molecule has 1 heteroatoms. The predicted molar refractivity (Wildman–Crippen MR) is 38.4 cm³/mol. The highest BCUT2D eigenvalue weighted by Gasteiger charge is 1.81. The number of rotatable bonds is 4. The summed E-state index contributed by atoms with van der Waals surface area (Å²) in [7, 11) is 0.349. The van der Waals surface area contributed by atoms with E-state index in [2.05, 4.69) is 13.8 Å². The van der Waals surface area contributed by atoms with Gasteiger partial charge in [0.15, 0.2) is 0 Å². The second kappa shape index (κ2) is 6.22. The number of hydrogen-bond acceptors (Lipinski definition) is 0. The van der Waals surface area contributed by atoms with E-state index in [9.17, 15) is 0 Å². The summed E-state index contributed by atoms with van der Waals surface area (Å²) in [4.78, 5) is 0. The molecule has 0 heterocycles. The molecule has 0 fully saturated rings. The third-order valence-corrected chi connectivity index (χ3v) is 3.31. The van der Waals surface area contributed by atoms with E-state index in [-0.39, 0.29) is 0 Å². The van der Waals surface area contributed by atoms with E-state index in [1.54, 1.807) is 0 Å². The molecule has 0 nitrogen and oxygen atoms in total. The first-order valence-corrected chi connectivity index (χ1v) is 5.21. The zero-order valence-corrected chi connectivity index (χ0v) is 6.66. The lowest BCUT2D eigenvalue weighted by atomic mass is 10.6. The van der Waals surface area contributed by atoms with Crippen LogP contribution in [0, 0.1) is 6.92 Å². The summed E-state index contributed by atoms with van der Waals surface area (Å²) >= 11 is 0.